The second-order valence-corrected chi connectivity index (χ2v) is 6.86. The molecule has 0 fully saturated rings. The summed E-state index contributed by atoms with van der Waals surface area (Å²) >= 11 is 0. The zero-order valence-electron chi connectivity index (χ0n) is 16.6. The van der Waals surface area contributed by atoms with E-state index in [1.807, 2.05) is 25.1 Å². The summed E-state index contributed by atoms with van der Waals surface area (Å²) in [6.07, 6.45) is -0.0350. The summed E-state index contributed by atoms with van der Waals surface area (Å²) in [5.41, 5.74) is 2.34. The monoisotopic (exact) mass is 408 g/mol. The third-order valence-corrected chi connectivity index (χ3v) is 4.39. The Labute approximate surface area is 172 Å². The first kappa shape index (κ1) is 20.9. The molecule has 3 rings (SSSR count). The van der Waals surface area contributed by atoms with Crippen molar-refractivity contribution in [2.24, 2.45) is 0 Å². The number of carbonyl (C=O) groups excluding carboxylic acids is 2. The van der Waals surface area contributed by atoms with Gasteiger partial charge in [0.2, 0.25) is 5.91 Å². The number of hydrogen-bond donors (Lipinski definition) is 2. The van der Waals surface area contributed by atoms with Crippen molar-refractivity contribution in [3.05, 3.63) is 87.6 Å². The molecule has 2 N–H and O–H groups in total. The van der Waals surface area contributed by atoms with Crippen LogP contribution in [0.1, 0.15) is 28.0 Å². The highest BCUT2D eigenvalue weighted by Gasteiger charge is 2.12. The fourth-order valence-electron chi connectivity index (χ4n) is 2.84. The second kappa shape index (κ2) is 9.13. The SMILES string of the molecule is Cc1cccc(NC(=O)c2ccc(=O)n(CCC(=O)Nc3ccc(F)cc3C)n2)c1. The predicted molar refractivity (Wildman–Crippen MR) is 112 cm³/mol. The van der Waals surface area contributed by atoms with Gasteiger partial charge in [0, 0.05) is 23.9 Å². The fourth-order valence-corrected chi connectivity index (χ4v) is 2.84. The van der Waals surface area contributed by atoms with Crippen LogP contribution in [0.3, 0.4) is 0 Å². The van der Waals surface area contributed by atoms with E-state index in [0.717, 1.165) is 10.2 Å². The number of carbonyl (C=O) groups is 2. The van der Waals surface area contributed by atoms with Crippen molar-refractivity contribution in [2.45, 2.75) is 26.8 Å². The number of amides is 2. The van der Waals surface area contributed by atoms with E-state index in [0.29, 0.717) is 16.9 Å². The summed E-state index contributed by atoms with van der Waals surface area (Å²) in [5.74, 6) is -1.20. The number of aryl methyl sites for hydroxylation is 3. The summed E-state index contributed by atoms with van der Waals surface area (Å²) in [7, 11) is 0. The Morgan fingerprint density at radius 1 is 1.03 bits per heavy atom. The molecule has 8 heteroatoms. The van der Waals surface area contributed by atoms with E-state index in [1.54, 1.807) is 13.0 Å². The van der Waals surface area contributed by atoms with E-state index in [4.69, 9.17) is 0 Å². The molecular formula is C22H21FN4O3. The molecule has 0 spiro atoms. The number of hydrogen-bond acceptors (Lipinski definition) is 4. The Morgan fingerprint density at radius 2 is 1.83 bits per heavy atom. The van der Waals surface area contributed by atoms with Gasteiger partial charge in [-0.1, -0.05) is 12.1 Å². The van der Waals surface area contributed by atoms with Crippen LogP contribution in [0, 0.1) is 19.7 Å². The van der Waals surface area contributed by atoms with Gasteiger partial charge in [0.15, 0.2) is 0 Å². The summed E-state index contributed by atoms with van der Waals surface area (Å²) in [4.78, 5) is 36.7. The highest BCUT2D eigenvalue weighted by molar-refractivity contribution is 6.02. The van der Waals surface area contributed by atoms with Crippen LogP contribution in [0.4, 0.5) is 15.8 Å². The molecule has 2 amide bonds. The molecule has 0 aliphatic heterocycles. The standard InChI is InChI=1S/C22H21FN4O3/c1-14-4-3-5-17(12-14)24-22(30)19-8-9-21(29)27(26-19)11-10-20(28)25-18-7-6-16(23)13-15(18)2/h3-9,12-13H,10-11H2,1-2H3,(H,24,30)(H,25,28). The number of anilines is 2. The minimum absolute atomic E-state index is 0.00350. The molecule has 0 saturated heterocycles. The molecule has 7 nitrogen and oxygen atoms in total. The normalized spacial score (nSPS) is 10.5. The predicted octanol–water partition coefficient (Wildman–Crippen LogP) is 3.28. The molecule has 2 aromatic carbocycles. The van der Waals surface area contributed by atoms with E-state index < -0.39 is 11.5 Å². The zero-order chi connectivity index (χ0) is 21.7. The number of nitrogens with one attached hydrogen (secondary N) is 2. The highest BCUT2D eigenvalue weighted by Crippen LogP contribution is 2.16. The van der Waals surface area contributed by atoms with E-state index in [-0.39, 0.29) is 30.4 Å². The molecule has 30 heavy (non-hydrogen) atoms. The van der Waals surface area contributed by atoms with Gasteiger partial charge in [-0.05, 0) is 61.4 Å². The summed E-state index contributed by atoms with van der Waals surface area (Å²) in [6.45, 7) is 3.59. The van der Waals surface area contributed by atoms with Gasteiger partial charge in [0.1, 0.15) is 11.5 Å². The first-order valence-electron chi connectivity index (χ1n) is 9.34. The maximum atomic E-state index is 13.2. The first-order chi connectivity index (χ1) is 14.3. The Bertz CT molecular complexity index is 1160. The quantitative estimate of drug-likeness (QED) is 0.655. The molecule has 0 atom stereocenters. The van der Waals surface area contributed by atoms with Gasteiger partial charge in [0.05, 0.1) is 6.54 Å². The molecule has 0 aliphatic carbocycles. The average Bonchev–Trinajstić information content (AvgIpc) is 2.69. The zero-order valence-corrected chi connectivity index (χ0v) is 16.6. The lowest BCUT2D eigenvalue weighted by molar-refractivity contribution is -0.116. The topological polar surface area (TPSA) is 93.1 Å². The number of benzene rings is 2. The summed E-state index contributed by atoms with van der Waals surface area (Å²) in [5, 5.41) is 9.46. The Morgan fingerprint density at radius 3 is 2.57 bits per heavy atom. The molecule has 0 unspecified atom stereocenters. The molecular weight excluding hydrogens is 387 g/mol. The Kier molecular flexibility index (Phi) is 6.36. The maximum absolute atomic E-state index is 13.2. The minimum Gasteiger partial charge on any atom is -0.326 e. The molecule has 0 saturated carbocycles. The van der Waals surface area contributed by atoms with Crippen LogP contribution in [-0.2, 0) is 11.3 Å². The third kappa shape index (κ3) is 5.38. The van der Waals surface area contributed by atoms with Crippen LogP contribution in [0.2, 0.25) is 0 Å². The van der Waals surface area contributed by atoms with E-state index in [1.165, 1.54) is 30.3 Å². The van der Waals surface area contributed by atoms with Crippen molar-refractivity contribution in [3.63, 3.8) is 0 Å². The van der Waals surface area contributed by atoms with Gasteiger partial charge in [-0.2, -0.15) is 5.10 Å². The van der Waals surface area contributed by atoms with Gasteiger partial charge in [0.25, 0.3) is 11.5 Å². The van der Waals surface area contributed by atoms with Gasteiger partial charge >= 0.3 is 0 Å². The van der Waals surface area contributed by atoms with Crippen LogP contribution >= 0.6 is 0 Å². The van der Waals surface area contributed by atoms with Crippen molar-refractivity contribution < 1.29 is 14.0 Å². The molecule has 154 valence electrons. The Balaban J connectivity index is 1.65. The fraction of sp³-hybridized carbons (Fsp3) is 0.182. The Hall–Kier alpha value is -3.81. The van der Waals surface area contributed by atoms with E-state index in [9.17, 15) is 18.8 Å². The van der Waals surface area contributed by atoms with E-state index >= 15 is 0 Å². The van der Waals surface area contributed by atoms with Crippen LogP contribution in [0.5, 0.6) is 0 Å². The number of nitrogens with zero attached hydrogens (tertiary/aromatic N) is 2. The van der Waals surface area contributed by atoms with Gasteiger partial charge < -0.3 is 10.6 Å². The molecule has 1 aromatic heterocycles. The van der Waals surface area contributed by atoms with Crippen molar-refractivity contribution in [1.29, 1.82) is 0 Å². The van der Waals surface area contributed by atoms with Crippen molar-refractivity contribution in [3.8, 4) is 0 Å². The minimum atomic E-state index is -0.458. The number of rotatable bonds is 6. The largest absolute Gasteiger partial charge is 0.326 e. The maximum Gasteiger partial charge on any atom is 0.276 e. The summed E-state index contributed by atoms with van der Waals surface area (Å²) < 4.78 is 14.2. The lowest BCUT2D eigenvalue weighted by Crippen LogP contribution is -2.28. The summed E-state index contributed by atoms with van der Waals surface area (Å²) in [6, 6.07) is 13.9. The highest BCUT2D eigenvalue weighted by atomic mass is 19.1. The molecule has 0 radical (unpaired) electrons. The van der Waals surface area contributed by atoms with Crippen LogP contribution < -0.4 is 16.2 Å². The molecule has 0 aliphatic rings. The number of halogens is 1. The van der Waals surface area contributed by atoms with Gasteiger partial charge in [-0.3, -0.25) is 14.4 Å². The van der Waals surface area contributed by atoms with Crippen LogP contribution in [0.15, 0.2) is 59.4 Å². The molecule has 3 aromatic rings. The van der Waals surface area contributed by atoms with Crippen molar-refractivity contribution >= 4 is 23.2 Å². The van der Waals surface area contributed by atoms with E-state index in [2.05, 4.69) is 15.7 Å². The first-order valence-corrected chi connectivity index (χ1v) is 9.34. The second-order valence-electron chi connectivity index (χ2n) is 6.86. The smallest absolute Gasteiger partial charge is 0.276 e. The van der Waals surface area contributed by atoms with Gasteiger partial charge in [-0.15, -0.1) is 0 Å². The van der Waals surface area contributed by atoms with Gasteiger partial charge in [-0.25, -0.2) is 9.07 Å². The molecule has 0 bridgehead atoms. The van der Waals surface area contributed by atoms with Crippen molar-refractivity contribution in [2.75, 3.05) is 10.6 Å². The average molecular weight is 408 g/mol. The van der Waals surface area contributed by atoms with Crippen LogP contribution in [0.25, 0.3) is 0 Å². The lowest BCUT2D eigenvalue weighted by Gasteiger charge is -2.10. The number of aromatic nitrogens is 2. The van der Waals surface area contributed by atoms with Crippen LogP contribution in [-0.4, -0.2) is 21.6 Å². The third-order valence-electron chi connectivity index (χ3n) is 4.39. The molecule has 1 heterocycles. The lowest BCUT2D eigenvalue weighted by atomic mass is 10.2. The van der Waals surface area contributed by atoms with Crippen molar-refractivity contribution in [1.82, 2.24) is 9.78 Å².